The first-order valence-electron chi connectivity index (χ1n) is 16.7. The number of allylic oxidation sites excluding steroid dienone is 2. The van der Waals surface area contributed by atoms with Crippen LogP contribution in [0.5, 0.6) is 0 Å². The molecular formula is C35H54FN3O7Si. The van der Waals surface area contributed by atoms with Crippen molar-refractivity contribution in [2.24, 2.45) is 11.8 Å². The standard InChI is InChI=1S/C35H54FN3O7Si/c1-23(2)32-25(15-18-40)13-14-30(41)37-16-9-11-24(3)19-27(46-47(7,8)35(4,5)6)20-26(36)21-31-38-28(22-44-31)33(42)39-17-10-12-29(39)34(43)45-32/h9,11,13-14,19,22-23,25-27,29,32,40H,10,12,15-18,20-21H2,1-8H3,(H,37,41)/b11-9?,14-13+,24-19?/t25-,26+,27?,29+,32?/m0/s1. The first-order valence-corrected chi connectivity index (χ1v) is 19.6. The van der Waals surface area contributed by atoms with Crippen molar-refractivity contribution < 1.29 is 37.5 Å². The number of aliphatic hydroxyl groups excluding tert-OH is 1. The maximum Gasteiger partial charge on any atom is 0.329 e. The van der Waals surface area contributed by atoms with Crippen molar-refractivity contribution in [1.82, 2.24) is 15.2 Å². The lowest BCUT2D eigenvalue weighted by atomic mass is 9.90. The number of hydrogen-bond donors (Lipinski definition) is 2. The van der Waals surface area contributed by atoms with Crippen LogP contribution in [0, 0.1) is 11.8 Å². The Labute approximate surface area is 280 Å². The molecule has 1 aromatic rings. The van der Waals surface area contributed by atoms with E-state index < -0.39 is 50.5 Å². The van der Waals surface area contributed by atoms with E-state index in [1.165, 1.54) is 17.2 Å². The minimum Gasteiger partial charge on any atom is -0.460 e. The molecule has 0 saturated carbocycles. The van der Waals surface area contributed by atoms with Gasteiger partial charge in [-0.25, -0.2) is 14.2 Å². The van der Waals surface area contributed by atoms with Gasteiger partial charge in [-0.2, -0.15) is 0 Å². The molecule has 12 heteroatoms. The normalized spacial score (nSPS) is 26.9. The van der Waals surface area contributed by atoms with Crippen LogP contribution < -0.4 is 5.32 Å². The van der Waals surface area contributed by atoms with Gasteiger partial charge in [-0.15, -0.1) is 0 Å². The van der Waals surface area contributed by atoms with Gasteiger partial charge in [0.2, 0.25) is 5.91 Å². The van der Waals surface area contributed by atoms with Crippen LogP contribution >= 0.6 is 0 Å². The molecule has 2 unspecified atom stereocenters. The fraction of sp³-hybridized carbons (Fsp3) is 0.657. The van der Waals surface area contributed by atoms with Crippen LogP contribution in [0.2, 0.25) is 18.1 Å². The summed E-state index contributed by atoms with van der Waals surface area (Å²) in [5, 5.41) is 12.5. The SMILES string of the molecule is CC1=CC(O[Si](C)(C)C(C)(C)C)C[C@@H](F)Cc2nc(co2)C(=O)N2CCC[C@@H]2C(=O)OC(C(C)C)[C@H](CCO)/C=C/C(=O)NCC=C1. The Morgan fingerprint density at radius 2 is 1.94 bits per heavy atom. The molecule has 3 heterocycles. The fourth-order valence-electron chi connectivity index (χ4n) is 5.61. The Bertz CT molecular complexity index is 1320. The predicted molar refractivity (Wildman–Crippen MR) is 181 cm³/mol. The van der Waals surface area contributed by atoms with Gasteiger partial charge in [0.25, 0.3) is 5.91 Å². The Morgan fingerprint density at radius 1 is 1.21 bits per heavy atom. The molecular weight excluding hydrogens is 621 g/mol. The molecule has 0 aliphatic carbocycles. The molecule has 1 saturated heterocycles. The maximum absolute atomic E-state index is 15.6. The zero-order valence-corrected chi connectivity index (χ0v) is 30.3. The number of carbonyl (C=O) groups excluding carboxylic acids is 3. The molecule has 0 aromatic carbocycles. The lowest BCUT2D eigenvalue weighted by molar-refractivity contribution is -0.158. The summed E-state index contributed by atoms with van der Waals surface area (Å²) in [5.41, 5.74) is 0.866. The summed E-state index contributed by atoms with van der Waals surface area (Å²) in [6.07, 6.45) is 8.58. The average Bonchev–Trinajstić information content (AvgIpc) is 3.65. The third-order valence-corrected chi connectivity index (χ3v) is 13.7. The summed E-state index contributed by atoms with van der Waals surface area (Å²) in [5.74, 6) is -1.82. The molecule has 2 amide bonds. The molecule has 5 atom stereocenters. The van der Waals surface area contributed by atoms with Gasteiger partial charge < -0.3 is 28.9 Å². The molecule has 1 aromatic heterocycles. The minimum atomic E-state index is -2.26. The molecule has 3 rings (SSSR count). The Kier molecular flexibility index (Phi) is 13.7. The number of fused-ring (bicyclic) bond motifs is 3. The van der Waals surface area contributed by atoms with Gasteiger partial charge in [0.15, 0.2) is 19.9 Å². The van der Waals surface area contributed by atoms with E-state index in [0.29, 0.717) is 19.4 Å². The molecule has 0 radical (unpaired) electrons. The quantitative estimate of drug-likeness (QED) is 0.301. The number of esters is 1. The van der Waals surface area contributed by atoms with E-state index in [2.05, 4.69) is 44.2 Å². The van der Waals surface area contributed by atoms with E-state index in [4.69, 9.17) is 13.6 Å². The van der Waals surface area contributed by atoms with E-state index in [1.54, 1.807) is 6.08 Å². The van der Waals surface area contributed by atoms with Gasteiger partial charge in [-0.05, 0) is 56.3 Å². The number of hydrogen-bond acceptors (Lipinski definition) is 8. The van der Waals surface area contributed by atoms with E-state index in [-0.39, 0.29) is 60.9 Å². The minimum absolute atomic E-state index is 0.00718. The number of ether oxygens (including phenoxy) is 1. The number of aromatic nitrogens is 1. The van der Waals surface area contributed by atoms with Gasteiger partial charge in [0.05, 0.1) is 12.5 Å². The van der Waals surface area contributed by atoms with Gasteiger partial charge in [-0.1, -0.05) is 64.5 Å². The number of oxazole rings is 1. The predicted octanol–water partition coefficient (Wildman–Crippen LogP) is 5.70. The molecule has 262 valence electrons. The molecule has 47 heavy (non-hydrogen) atoms. The number of rotatable bonds is 5. The second-order valence-electron chi connectivity index (χ2n) is 14.5. The summed E-state index contributed by atoms with van der Waals surface area (Å²) < 4.78 is 33.8. The zero-order chi connectivity index (χ0) is 34.9. The second-order valence-corrected chi connectivity index (χ2v) is 19.2. The molecule has 2 bridgehead atoms. The Hall–Kier alpha value is -3.09. The summed E-state index contributed by atoms with van der Waals surface area (Å²) in [4.78, 5) is 45.4. The van der Waals surface area contributed by atoms with Crippen LogP contribution in [-0.2, 0) is 25.2 Å². The van der Waals surface area contributed by atoms with Crippen molar-refractivity contribution in [3.63, 3.8) is 0 Å². The fourth-order valence-corrected chi connectivity index (χ4v) is 6.88. The summed E-state index contributed by atoms with van der Waals surface area (Å²) in [7, 11) is -2.26. The first-order chi connectivity index (χ1) is 22.0. The maximum atomic E-state index is 15.6. The van der Waals surface area contributed by atoms with Crippen molar-refractivity contribution in [3.8, 4) is 0 Å². The number of cyclic esters (lactones) is 1. The van der Waals surface area contributed by atoms with E-state index in [0.717, 1.165) is 5.57 Å². The monoisotopic (exact) mass is 675 g/mol. The van der Waals surface area contributed by atoms with Crippen molar-refractivity contribution in [3.05, 3.63) is 53.8 Å². The molecule has 2 aliphatic heterocycles. The lowest BCUT2D eigenvalue weighted by Crippen LogP contribution is -2.44. The number of halogens is 1. The summed E-state index contributed by atoms with van der Waals surface area (Å²) in [6.45, 7) is 16.8. The molecule has 2 aliphatic rings. The van der Waals surface area contributed by atoms with Crippen LogP contribution in [0.4, 0.5) is 4.39 Å². The van der Waals surface area contributed by atoms with Crippen LogP contribution in [0.1, 0.15) is 83.6 Å². The summed E-state index contributed by atoms with van der Waals surface area (Å²) in [6, 6.07) is -0.823. The highest BCUT2D eigenvalue weighted by atomic mass is 28.4. The van der Waals surface area contributed by atoms with Crippen molar-refractivity contribution in [1.29, 1.82) is 0 Å². The van der Waals surface area contributed by atoms with Gasteiger partial charge in [-0.3, -0.25) is 9.59 Å². The molecule has 1 fully saturated rings. The van der Waals surface area contributed by atoms with Gasteiger partial charge in [0, 0.05) is 32.0 Å². The lowest BCUT2D eigenvalue weighted by Gasteiger charge is -2.39. The second kappa shape index (κ2) is 16.8. The van der Waals surface area contributed by atoms with E-state index in [9.17, 15) is 19.5 Å². The topological polar surface area (TPSA) is 131 Å². The van der Waals surface area contributed by atoms with Crippen molar-refractivity contribution in [2.75, 3.05) is 19.7 Å². The van der Waals surface area contributed by atoms with E-state index >= 15 is 4.39 Å². The van der Waals surface area contributed by atoms with E-state index in [1.807, 2.05) is 39.0 Å². The first kappa shape index (κ1) is 38.4. The molecule has 10 nitrogen and oxygen atoms in total. The Balaban J connectivity index is 1.95. The van der Waals surface area contributed by atoms with Crippen LogP contribution in [0.15, 0.2) is 46.6 Å². The van der Waals surface area contributed by atoms with Gasteiger partial charge in [0.1, 0.15) is 24.6 Å². The molecule has 0 spiro atoms. The Morgan fingerprint density at radius 3 is 2.60 bits per heavy atom. The third-order valence-electron chi connectivity index (χ3n) is 9.21. The van der Waals surface area contributed by atoms with Crippen LogP contribution in [0.3, 0.4) is 0 Å². The van der Waals surface area contributed by atoms with Crippen molar-refractivity contribution in [2.45, 2.75) is 116 Å². The van der Waals surface area contributed by atoms with Crippen molar-refractivity contribution >= 4 is 26.1 Å². The zero-order valence-electron chi connectivity index (χ0n) is 29.3. The highest BCUT2D eigenvalue weighted by molar-refractivity contribution is 6.74. The third kappa shape index (κ3) is 11.0. The van der Waals surface area contributed by atoms with Crippen LogP contribution in [0.25, 0.3) is 0 Å². The average molecular weight is 676 g/mol. The number of carbonyl (C=O) groups is 3. The smallest absolute Gasteiger partial charge is 0.329 e. The van der Waals surface area contributed by atoms with Gasteiger partial charge >= 0.3 is 5.97 Å². The number of alkyl halides is 1. The molecule has 2 N–H and O–H groups in total. The highest BCUT2D eigenvalue weighted by Gasteiger charge is 2.40. The number of aliphatic hydroxyl groups is 1. The number of amides is 2. The number of nitrogens with zero attached hydrogens (tertiary/aromatic N) is 2. The largest absolute Gasteiger partial charge is 0.460 e. The summed E-state index contributed by atoms with van der Waals surface area (Å²) >= 11 is 0. The highest BCUT2D eigenvalue weighted by Crippen LogP contribution is 2.38. The number of nitrogens with one attached hydrogen (secondary N) is 1. The van der Waals surface area contributed by atoms with Crippen LogP contribution in [-0.4, -0.2) is 85.2 Å².